The van der Waals surface area contributed by atoms with Crippen LogP contribution in [0.25, 0.3) is 77.2 Å². The molecule has 0 radical (unpaired) electrons. The molecule has 0 heterocycles. The van der Waals surface area contributed by atoms with Crippen LogP contribution in [0.3, 0.4) is 0 Å². The average Bonchev–Trinajstić information content (AvgIpc) is 3.65. The number of para-hydroxylation sites is 1. The minimum Gasteiger partial charge on any atom is -0.310 e. The van der Waals surface area contributed by atoms with Crippen molar-refractivity contribution in [3.05, 3.63) is 271 Å². The lowest BCUT2D eigenvalue weighted by atomic mass is 9.74. The number of rotatable bonds is 8. The van der Waals surface area contributed by atoms with E-state index in [2.05, 4.69) is 267 Å². The largest absolute Gasteiger partial charge is 0.310 e. The molecule has 1 nitrogen and oxygen atoms in total. The Morgan fingerprint density at radius 2 is 0.800 bits per heavy atom. The zero-order valence-electron chi connectivity index (χ0n) is 36.2. The van der Waals surface area contributed by atoms with Crippen molar-refractivity contribution in [2.75, 3.05) is 4.90 Å². The Balaban J connectivity index is 0.976. The highest BCUT2D eigenvalue weighted by molar-refractivity contribution is 6.00. The van der Waals surface area contributed by atoms with Gasteiger partial charge in [0.1, 0.15) is 0 Å². The van der Waals surface area contributed by atoms with Gasteiger partial charge in [0.05, 0.1) is 5.69 Å². The quantitative estimate of drug-likeness (QED) is 0.147. The third-order valence-electron chi connectivity index (χ3n) is 13.8. The minimum absolute atomic E-state index is 0.292. The van der Waals surface area contributed by atoms with Gasteiger partial charge in [0.25, 0.3) is 0 Å². The van der Waals surface area contributed by atoms with Gasteiger partial charge in [-0.1, -0.05) is 218 Å². The van der Waals surface area contributed by atoms with Crippen molar-refractivity contribution in [1.29, 1.82) is 0 Å². The fourth-order valence-electron chi connectivity index (χ4n) is 10.5. The monoisotopic (exact) mass is 827 g/mol. The molecule has 0 aromatic heterocycles. The molecule has 0 fully saturated rings. The van der Waals surface area contributed by atoms with Crippen LogP contribution in [0.2, 0.25) is 0 Å². The van der Waals surface area contributed by atoms with Crippen LogP contribution in [-0.2, 0) is 5.41 Å². The van der Waals surface area contributed by atoms with Gasteiger partial charge in [0.15, 0.2) is 0 Å². The van der Waals surface area contributed by atoms with Gasteiger partial charge in [0.2, 0.25) is 0 Å². The zero-order valence-corrected chi connectivity index (χ0v) is 36.2. The van der Waals surface area contributed by atoms with E-state index in [9.17, 15) is 0 Å². The lowest BCUT2D eigenvalue weighted by Gasteiger charge is -2.30. The summed E-state index contributed by atoms with van der Waals surface area (Å²) in [6.07, 6.45) is 0. The zero-order chi connectivity index (χ0) is 43.3. The van der Waals surface area contributed by atoms with Gasteiger partial charge >= 0.3 is 0 Å². The van der Waals surface area contributed by atoms with Crippen molar-refractivity contribution in [2.24, 2.45) is 0 Å². The highest BCUT2D eigenvalue weighted by Crippen LogP contribution is 2.56. The maximum absolute atomic E-state index is 2.43. The van der Waals surface area contributed by atoms with Gasteiger partial charge < -0.3 is 4.90 Å². The third kappa shape index (κ3) is 6.55. The smallest absolute Gasteiger partial charge is 0.0540 e. The Kier molecular flexibility index (Phi) is 9.35. The summed E-state index contributed by atoms with van der Waals surface area (Å²) in [6.45, 7) is 2.39. The molecule has 0 N–H and O–H groups in total. The SMILES string of the molecule is CC1(c2ccccc2)c2ccccc2-c2c(-c3ccccc3N(c3ccc(-c4ccc(-c5cccc6ccccc56)cc4)cc3)c3ccc(-c4ccc5ccccc5c4)cc3)cccc21. The van der Waals surface area contributed by atoms with Gasteiger partial charge in [-0.05, 0) is 132 Å². The topological polar surface area (TPSA) is 3.24 Å². The summed E-state index contributed by atoms with van der Waals surface area (Å²) in [7, 11) is 0. The molecule has 1 aliphatic rings. The van der Waals surface area contributed by atoms with Crippen molar-refractivity contribution in [1.82, 2.24) is 0 Å². The summed E-state index contributed by atoms with van der Waals surface area (Å²) in [6, 6.07) is 93.5. The molecule has 0 bridgehead atoms. The van der Waals surface area contributed by atoms with E-state index in [0.29, 0.717) is 0 Å². The lowest BCUT2D eigenvalue weighted by Crippen LogP contribution is -2.22. The van der Waals surface area contributed by atoms with Crippen LogP contribution in [0, 0.1) is 0 Å². The highest BCUT2D eigenvalue weighted by Gasteiger charge is 2.42. The van der Waals surface area contributed by atoms with E-state index in [1.54, 1.807) is 0 Å². The van der Waals surface area contributed by atoms with Crippen molar-refractivity contribution in [3.63, 3.8) is 0 Å². The summed E-state index contributed by atoms with van der Waals surface area (Å²) in [5.74, 6) is 0. The second-order valence-electron chi connectivity index (χ2n) is 17.4. The summed E-state index contributed by atoms with van der Waals surface area (Å²) >= 11 is 0. The maximum Gasteiger partial charge on any atom is 0.0540 e. The second kappa shape index (κ2) is 15.8. The molecular formula is C64H45N. The summed E-state index contributed by atoms with van der Waals surface area (Å²) in [5, 5.41) is 5.02. The third-order valence-corrected chi connectivity index (χ3v) is 13.8. The molecule has 306 valence electrons. The summed E-state index contributed by atoms with van der Waals surface area (Å²) in [4.78, 5) is 2.43. The lowest BCUT2D eigenvalue weighted by molar-refractivity contribution is 0.714. The molecule has 0 amide bonds. The van der Waals surface area contributed by atoms with Crippen LogP contribution >= 0.6 is 0 Å². The normalized spacial score (nSPS) is 14.0. The molecule has 11 aromatic carbocycles. The van der Waals surface area contributed by atoms with Gasteiger partial charge in [-0.15, -0.1) is 0 Å². The van der Waals surface area contributed by atoms with Crippen LogP contribution < -0.4 is 4.90 Å². The van der Waals surface area contributed by atoms with Crippen molar-refractivity contribution >= 4 is 38.6 Å². The second-order valence-corrected chi connectivity index (χ2v) is 17.4. The molecular weight excluding hydrogens is 783 g/mol. The van der Waals surface area contributed by atoms with Crippen molar-refractivity contribution < 1.29 is 0 Å². The minimum atomic E-state index is -0.292. The predicted molar refractivity (Wildman–Crippen MR) is 275 cm³/mol. The van der Waals surface area contributed by atoms with Gasteiger partial charge in [-0.3, -0.25) is 0 Å². The summed E-state index contributed by atoms with van der Waals surface area (Å²) in [5.41, 5.74) is 19.2. The molecule has 65 heavy (non-hydrogen) atoms. The maximum atomic E-state index is 2.43. The first-order valence-electron chi connectivity index (χ1n) is 22.6. The fraction of sp³-hybridized carbons (Fsp3) is 0.0312. The Morgan fingerprint density at radius 1 is 0.308 bits per heavy atom. The van der Waals surface area contributed by atoms with Gasteiger partial charge in [-0.25, -0.2) is 0 Å². The summed E-state index contributed by atoms with van der Waals surface area (Å²) < 4.78 is 0. The Labute approximate surface area is 381 Å². The predicted octanol–water partition coefficient (Wildman–Crippen LogP) is 17.5. The van der Waals surface area contributed by atoms with Crippen LogP contribution in [-0.4, -0.2) is 0 Å². The highest BCUT2D eigenvalue weighted by atomic mass is 15.1. The van der Waals surface area contributed by atoms with Gasteiger partial charge in [-0.2, -0.15) is 0 Å². The first-order valence-corrected chi connectivity index (χ1v) is 22.6. The average molecular weight is 828 g/mol. The standard InChI is InChI=1S/C64H45N/c1-64(52-19-3-2-4-20-52)60-26-11-9-23-59(60)63-58(25-14-27-61(63)64)57-22-10-12-28-62(57)65(54-41-37-47(38-42-54)51-34-31-44-15-5-6-17-50(44)43-51)53-39-35-46(36-40-53)45-29-32-49(33-30-45)56-24-13-18-48-16-7-8-21-55(48)56/h2-43H,1H3. The first kappa shape index (κ1) is 38.4. The van der Waals surface area contributed by atoms with Crippen LogP contribution in [0.1, 0.15) is 23.6 Å². The number of anilines is 3. The van der Waals surface area contributed by atoms with Crippen molar-refractivity contribution in [2.45, 2.75) is 12.3 Å². The molecule has 1 unspecified atom stereocenters. The van der Waals surface area contributed by atoms with Crippen LogP contribution in [0.5, 0.6) is 0 Å². The fourth-order valence-corrected chi connectivity index (χ4v) is 10.5. The number of hydrogen-bond acceptors (Lipinski definition) is 1. The number of nitrogens with zero attached hydrogens (tertiary/aromatic N) is 1. The molecule has 1 atom stereocenters. The number of benzene rings is 11. The van der Waals surface area contributed by atoms with E-state index >= 15 is 0 Å². The molecule has 0 saturated carbocycles. The Morgan fingerprint density at radius 3 is 1.55 bits per heavy atom. The number of hydrogen-bond donors (Lipinski definition) is 0. The first-order chi connectivity index (χ1) is 32.1. The van der Waals surface area contributed by atoms with E-state index in [-0.39, 0.29) is 5.41 Å². The molecule has 11 aromatic rings. The van der Waals surface area contributed by atoms with Crippen LogP contribution in [0.4, 0.5) is 17.1 Å². The van der Waals surface area contributed by atoms with E-state index in [4.69, 9.17) is 0 Å². The van der Waals surface area contributed by atoms with E-state index in [1.807, 2.05) is 0 Å². The Hall–Kier alpha value is -8.26. The van der Waals surface area contributed by atoms with Crippen LogP contribution in [0.15, 0.2) is 255 Å². The molecule has 1 aliphatic carbocycles. The molecule has 0 saturated heterocycles. The Bertz CT molecular complexity index is 3530. The number of fused-ring (bicyclic) bond motifs is 5. The van der Waals surface area contributed by atoms with E-state index < -0.39 is 0 Å². The molecule has 0 spiro atoms. The molecule has 0 aliphatic heterocycles. The van der Waals surface area contributed by atoms with E-state index in [1.165, 1.54) is 93.9 Å². The van der Waals surface area contributed by atoms with E-state index in [0.717, 1.165) is 17.1 Å². The molecule has 1 heteroatoms. The van der Waals surface area contributed by atoms with Gasteiger partial charge in [0, 0.05) is 22.4 Å². The molecule has 12 rings (SSSR count). The van der Waals surface area contributed by atoms with Crippen molar-refractivity contribution in [3.8, 4) is 55.6 Å².